The fourth-order valence-corrected chi connectivity index (χ4v) is 3.02. The smallest absolute Gasteiger partial charge is 0.183 e. The van der Waals surface area contributed by atoms with Crippen LogP contribution in [0.5, 0.6) is 0 Å². The van der Waals surface area contributed by atoms with Gasteiger partial charge in [0.1, 0.15) is 0 Å². The van der Waals surface area contributed by atoms with Crippen molar-refractivity contribution in [2.24, 2.45) is 0 Å². The fraction of sp³-hybridized carbons (Fsp3) is 0.625. The molecule has 0 spiro atoms. The first-order valence-electron chi connectivity index (χ1n) is 7.80. The largest absolute Gasteiger partial charge is 0.418 e. The summed E-state index contributed by atoms with van der Waals surface area (Å²) in [6, 6.07) is 10.4. The average molecular weight is 311 g/mol. The van der Waals surface area contributed by atoms with Gasteiger partial charge in [0.05, 0.1) is 6.04 Å². The molecule has 0 aliphatic heterocycles. The normalized spacial score (nSPS) is 14.9. The van der Waals surface area contributed by atoms with Gasteiger partial charge in [0, 0.05) is 12.6 Å². The summed E-state index contributed by atoms with van der Waals surface area (Å²) in [5, 5.41) is 12.9. The SMILES string of the molecule is CC[C@H](NO)[C@H](NCCCO[Si](C)(C)C)c1ccccc1. The molecule has 0 aliphatic carbocycles. The van der Waals surface area contributed by atoms with E-state index in [1.165, 1.54) is 5.56 Å². The first-order valence-corrected chi connectivity index (χ1v) is 11.2. The van der Waals surface area contributed by atoms with E-state index in [-0.39, 0.29) is 12.1 Å². The zero-order valence-electron chi connectivity index (χ0n) is 13.7. The van der Waals surface area contributed by atoms with Gasteiger partial charge in [0.2, 0.25) is 0 Å². The summed E-state index contributed by atoms with van der Waals surface area (Å²) < 4.78 is 5.86. The lowest BCUT2D eigenvalue weighted by atomic mass is 9.98. The predicted molar refractivity (Wildman–Crippen MR) is 90.1 cm³/mol. The van der Waals surface area contributed by atoms with E-state index in [0.29, 0.717) is 0 Å². The highest BCUT2D eigenvalue weighted by atomic mass is 28.4. The van der Waals surface area contributed by atoms with E-state index in [2.05, 4.69) is 49.5 Å². The van der Waals surface area contributed by atoms with Crippen LogP contribution in [-0.2, 0) is 4.43 Å². The molecule has 3 N–H and O–H groups in total. The van der Waals surface area contributed by atoms with E-state index in [0.717, 1.165) is 26.0 Å². The Kier molecular flexibility index (Phi) is 8.14. The number of hydrogen-bond donors (Lipinski definition) is 3. The van der Waals surface area contributed by atoms with Crippen molar-refractivity contribution in [1.29, 1.82) is 0 Å². The molecule has 0 saturated heterocycles. The lowest BCUT2D eigenvalue weighted by Crippen LogP contribution is -2.40. The number of hydrogen-bond acceptors (Lipinski definition) is 4. The number of hydroxylamine groups is 1. The van der Waals surface area contributed by atoms with Crippen molar-refractivity contribution in [3.05, 3.63) is 35.9 Å². The predicted octanol–water partition coefficient (Wildman–Crippen LogP) is 3.32. The second kappa shape index (κ2) is 9.33. The molecule has 0 unspecified atom stereocenters. The third-order valence-corrected chi connectivity index (χ3v) is 4.46. The third kappa shape index (κ3) is 7.20. The maximum absolute atomic E-state index is 9.36. The van der Waals surface area contributed by atoms with Crippen LogP contribution in [0.25, 0.3) is 0 Å². The van der Waals surface area contributed by atoms with Crippen LogP contribution >= 0.6 is 0 Å². The first kappa shape index (κ1) is 18.3. The highest BCUT2D eigenvalue weighted by Crippen LogP contribution is 2.18. The Morgan fingerprint density at radius 1 is 1.19 bits per heavy atom. The van der Waals surface area contributed by atoms with Crippen molar-refractivity contribution >= 4 is 8.32 Å². The van der Waals surface area contributed by atoms with Gasteiger partial charge in [-0.15, -0.1) is 0 Å². The van der Waals surface area contributed by atoms with Gasteiger partial charge >= 0.3 is 0 Å². The Labute approximate surface area is 130 Å². The molecule has 2 atom stereocenters. The second-order valence-electron chi connectivity index (χ2n) is 6.30. The van der Waals surface area contributed by atoms with Crippen molar-refractivity contribution in [3.63, 3.8) is 0 Å². The van der Waals surface area contributed by atoms with Crippen molar-refractivity contribution < 1.29 is 9.63 Å². The monoisotopic (exact) mass is 310 g/mol. The summed E-state index contributed by atoms with van der Waals surface area (Å²) in [6.45, 7) is 10.4. The van der Waals surface area contributed by atoms with Crippen LogP contribution in [0.3, 0.4) is 0 Å². The molecule has 4 nitrogen and oxygen atoms in total. The Balaban J connectivity index is 2.51. The molecule has 1 rings (SSSR count). The molecule has 0 heterocycles. The Morgan fingerprint density at radius 2 is 1.86 bits per heavy atom. The average Bonchev–Trinajstić information content (AvgIpc) is 2.46. The molecule has 0 fully saturated rings. The van der Waals surface area contributed by atoms with Gasteiger partial charge in [-0.05, 0) is 44.6 Å². The van der Waals surface area contributed by atoms with Crippen LogP contribution in [0.15, 0.2) is 30.3 Å². The molecule has 21 heavy (non-hydrogen) atoms. The van der Waals surface area contributed by atoms with E-state index in [9.17, 15) is 5.21 Å². The van der Waals surface area contributed by atoms with Gasteiger partial charge < -0.3 is 15.0 Å². The van der Waals surface area contributed by atoms with Gasteiger partial charge in [-0.1, -0.05) is 37.3 Å². The van der Waals surface area contributed by atoms with Crippen LogP contribution in [0, 0.1) is 0 Å². The summed E-state index contributed by atoms with van der Waals surface area (Å²) >= 11 is 0. The van der Waals surface area contributed by atoms with E-state index in [4.69, 9.17) is 4.43 Å². The quantitative estimate of drug-likeness (QED) is 0.352. The molecule has 0 radical (unpaired) electrons. The third-order valence-electron chi connectivity index (χ3n) is 3.39. The highest BCUT2D eigenvalue weighted by molar-refractivity contribution is 6.69. The van der Waals surface area contributed by atoms with Crippen LogP contribution < -0.4 is 10.8 Å². The van der Waals surface area contributed by atoms with Gasteiger partial charge in [-0.3, -0.25) is 0 Å². The van der Waals surface area contributed by atoms with E-state index in [1.807, 2.05) is 18.2 Å². The van der Waals surface area contributed by atoms with Gasteiger partial charge in [0.25, 0.3) is 0 Å². The van der Waals surface area contributed by atoms with Crippen LogP contribution in [0.1, 0.15) is 31.4 Å². The molecule has 0 aliphatic rings. The van der Waals surface area contributed by atoms with Crippen molar-refractivity contribution in [2.45, 2.75) is 51.5 Å². The summed E-state index contributed by atoms with van der Waals surface area (Å²) in [5.41, 5.74) is 3.62. The summed E-state index contributed by atoms with van der Waals surface area (Å²) in [7, 11) is -1.41. The highest BCUT2D eigenvalue weighted by Gasteiger charge is 2.20. The minimum absolute atomic E-state index is 0.00492. The van der Waals surface area contributed by atoms with Crippen molar-refractivity contribution in [1.82, 2.24) is 10.8 Å². The van der Waals surface area contributed by atoms with Gasteiger partial charge in [0.15, 0.2) is 8.32 Å². The van der Waals surface area contributed by atoms with E-state index < -0.39 is 8.32 Å². The van der Waals surface area contributed by atoms with Crippen LogP contribution in [-0.4, -0.2) is 32.7 Å². The lowest BCUT2D eigenvalue weighted by molar-refractivity contribution is 0.103. The molecule has 1 aromatic rings. The first-order chi connectivity index (χ1) is 9.98. The molecule has 0 bridgehead atoms. The maximum atomic E-state index is 9.36. The van der Waals surface area contributed by atoms with Crippen molar-refractivity contribution in [3.8, 4) is 0 Å². The minimum atomic E-state index is -1.41. The Morgan fingerprint density at radius 3 is 2.38 bits per heavy atom. The van der Waals surface area contributed by atoms with E-state index in [1.54, 1.807) is 0 Å². The standard InChI is InChI=1S/C16H30N2O2Si/c1-5-15(18-19)16(14-10-7-6-8-11-14)17-12-9-13-20-21(2,3)4/h6-8,10-11,15-19H,5,9,12-13H2,1-4H3/t15-,16+/m0/s1. The second-order valence-corrected chi connectivity index (χ2v) is 10.8. The van der Waals surface area contributed by atoms with Crippen LogP contribution in [0.4, 0.5) is 0 Å². The molecule has 0 amide bonds. The summed E-state index contributed by atoms with van der Waals surface area (Å²) in [4.78, 5) is 0. The lowest BCUT2D eigenvalue weighted by Gasteiger charge is -2.27. The summed E-state index contributed by atoms with van der Waals surface area (Å²) in [5.74, 6) is 0. The molecular formula is C16H30N2O2Si. The molecule has 0 saturated carbocycles. The number of nitrogens with one attached hydrogen (secondary N) is 2. The minimum Gasteiger partial charge on any atom is -0.418 e. The number of benzene rings is 1. The fourth-order valence-electron chi connectivity index (χ4n) is 2.26. The van der Waals surface area contributed by atoms with Crippen molar-refractivity contribution in [2.75, 3.05) is 13.2 Å². The number of rotatable bonds is 10. The summed E-state index contributed by atoms with van der Waals surface area (Å²) in [6.07, 6.45) is 1.84. The molecule has 1 aromatic carbocycles. The van der Waals surface area contributed by atoms with Gasteiger partial charge in [-0.25, -0.2) is 5.48 Å². The molecule has 120 valence electrons. The van der Waals surface area contributed by atoms with Gasteiger partial charge in [-0.2, -0.15) is 0 Å². The zero-order valence-corrected chi connectivity index (χ0v) is 14.7. The Hall–Kier alpha value is -0.723. The van der Waals surface area contributed by atoms with E-state index >= 15 is 0 Å². The maximum Gasteiger partial charge on any atom is 0.183 e. The molecular weight excluding hydrogens is 280 g/mol. The Bertz CT molecular complexity index is 378. The molecule has 5 heteroatoms. The zero-order chi connectivity index (χ0) is 15.7. The topological polar surface area (TPSA) is 53.5 Å². The van der Waals surface area contributed by atoms with Crippen LogP contribution in [0.2, 0.25) is 19.6 Å². The molecule has 0 aromatic heterocycles.